The first-order valence-electron chi connectivity index (χ1n) is 4.48. The molecule has 1 unspecified atom stereocenters. The third-order valence-electron chi connectivity index (χ3n) is 1.76. The van der Waals surface area contributed by atoms with Gasteiger partial charge in [-0.1, -0.05) is 13.3 Å². The summed E-state index contributed by atoms with van der Waals surface area (Å²) >= 11 is 0. The number of rotatable bonds is 7. The molecule has 11 heavy (non-hydrogen) atoms. The van der Waals surface area contributed by atoms with Crippen LogP contribution in [0.1, 0.15) is 39.5 Å². The van der Waals surface area contributed by atoms with Crippen LogP contribution in [0, 0.1) is 0 Å². The monoisotopic (exact) mass is 157 g/mol. The Morgan fingerprint density at radius 2 is 2.18 bits per heavy atom. The van der Waals surface area contributed by atoms with Crippen molar-refractivity contribution in [3.05, 3.63) is 0 Å². The maximum Gasteiger partial charge on any atom is 0.119 e. The Balaban J connectivity index is 3.03. The van der Waals surface area contributed by atoms with Gasteiger partial charge in [-0.2, -0.15) is 0 Å². The molecule has 0 saturated heterocycles. The Kier molecular flexibility index (Phi) is 7.47. The van der Waals surface area contributed by atoms with Crippen molar-refractivity contribution in [3.63, 3.8) is 0 Å². The quantitative estimate of drug-likeness (QED) is 0.450. The highest BCUT2D eigenvalue weighted by atomic mass is 16.1. The number of aldehydes is 1. The van der Waals surface area contributed by atoms with E-state index in [4.69, 9.17) is 0 Å². The standard InChI is InChI=1S/C9H19NO/c1-3-10-9(2)7-5-4-6-8-11/h8-10H,3-7H2,1-2H3. The first-order chi connectivity index (χ1) is 5.31. The molecule has 0 aliphatic rings. The minimum absolute atomic E-state index is 0.603. The van der Waals surface area contributed by atoms with Crippen molar-refractivity contribution >= 4 is 6.29 Å². The number of carbonyl (C=O) groups is 1. The van der Waals surface area contributed by atoms with Gasteiger partial charge in [0.15, 0.2) is 0 Å². The van der Waals surface area contributed by atoms with E-state index in [9.17, 15) is 4.79 Å². The molecular weight excluding hydrogens is 138 g/mol. The molecule has 2 heteroatoms. The molecule has 0 aromatic carbocycles. The molecule has 0 aromatic heterocycles. The maximum atomic E-state index is 9.96. The minimum Gasteiger partial charge on any atom is -0.315 e. The molecule has 66 valence electrons. The maximum absolute atomic E-state index is 9.96. The Hall–Kier alpha value is -0.370. The van der Waals surface area contributed by atoms with Gasteiger partial charge in [0.05, 0.1) is 0 Å². The first-order valence-corrected chi connectivity index (χ1v) is 4.48. The fraction of sp³-hybridized carbons (Fsp3) is 0.889. The second kappa shape index (κ2) is 7.73. The van der Waals surface area contributed by atoms with Crippen molar-refractivity contribution in [3.8, 4) is 0 Å². The molecule has 0 fully saturated rings. The van der Waals surface area contributed by atoms with E-state index in [1.165, 1.54) is 6.42 Å². The Morgan fingerprint density at radius 3 is 2.73 bits per heavy atom. The van der Waals surface area contributed by atoms with E-state index in [1.54, 1.807) is 0 Å². The zero-order valence-electron chi connectivity index (χ0n) is 7.60. The van der Waals surface area contributed by atoms with E-state index < -0.39 is 0 Å². The summed E-state index contributed by atoms with van der Waals surface area (Å²) in [5, 5.41) is 3.33. The SMILES string of the molecule is CCNC(C)CCCCC=O. The summed E-state index contributed by atoms with van der Waals surface area (Å²) in [6.45, 7) is 5.33. The van der Waals surface area contributed by atoms with E-state index in [0.717, 1.165) is 32.1 Å². The van der Waals surface area contributed by atoms with Gasteiger partial charge in [-0.3, -0.25) is 0 Å². The smallest absolute Gasteiger partial charge is 0.119 e. The lowest BCUT2D eigenvalue weighted by Crippen LogP contribution is -2.25. The summed E-state index contributed by atoms with van der Waals surface area (Å²) in [5.74, 6) is 0. The van der Waals surface area contributed by atoms with Gasteiger partial charge < -0.3 is 10.1 Å². The lowest BCUT2D eigenvalue weighted by molar-refractivity contribution is -0.107. The molecule has 0 heterocycles. The molecule has 0 aliphatic heterocycles. The van der Waals surface area contributed by atoms with E-state index in [1.807, 2.05) is 0 Å². The van der Waals surface area contributed by atoms with Gasteiger partial charge in [0, 0.05) is 12.5 Å². The molecular formula is C9H19NO. The van der Waals surface area contributed by atoms with Crippen LogP contribution in [0.2, 0.25) is 0 Å². The number of nitrogens with one attached hydrogen (secondary N) is 1. The van der Waals surface area contributed by atoms with E-state index >= 15 is 0 Å². The minimum atomic E-state index is 0.603. The highest BCUT2D eigenvalue weighted by molar-refractivity contribution is 5.48. The Labute approximate surface area is 69.4 Å². The van der Waals surface area contributed by atoms with Crippen LogP contribution in [0.15, 0.2) is 0 Å². The summed E-state index contributed by atoms with van der Waals surface area (Å²) in [6.07, 6.45) is 5.10. The van der Waals surface area contributed by atoms with Gasteiger partial charge >= 0.3 is 0 Å². The van der Waals surface area contributed by atoms with Crippen LogP contribution < -0.4 is 5.32 Å². The van der Waals surface area contributed by atoms with Gasteiger partial charge in [-0.05, 0) is 26.3 Å². The largest absolute Gasteiger partial charge is 0.315 e. The van der Waals surface area contributed by atoms with E-state index in [2.05, 4.69) is 19.2 Å². The molecule has 2 nitrogen and oxygen atoms in total. The summed E-state index contributed by atoms with van der Waals surface area (Å²) < 4.78 is 0. The van der Waals surface area contributed by atoms with Gasteiger partial charge in [0.1, 0.15) is 6.29 Å². The highest BCUT2D eigenvalue weighted by Crippen LogP contribution is 2.01. The van der Waals surface area contributed by atoms with E-state index in [-0.39, 0.29) is 0 Å². The van der Waals surface area contributed by atoms with Crippen molar-refractivity contribution < 1.29 is 4.79 Å². The topological polar surface area (TPSA) is 29.1 Å². The predicted octanol–water partition coefficient (Wildman–Crippen LogP) is 1.74. The number of unbranched alkanes of at least 4 members (excludes halogenated alkanes) is 2. The lowest BCUT2D eigenvalue weighted by atomic mass is 10.1. The average Bonchev–Trinajstić information content (AvgIpc) is 1.99. The molecule has 0 radical (unpaired) electrons. The number of carbonyl (C=O) groups excluding carboxylic acids is 1. The van der Waals surface area contributed by atoms with Crippen molar-refractivity contribution in [2.45, 2.75) is 45.6 Å². The molecule has 0 aromatic rings. The zero-order valence-corrected chi connectivity index (χ0v) is 7.60. The van der Waals surface area contributed by atoms with Crippen molar-refractivity contribution in [2.24, 2.45) is 0 Å². The summed E-state index contributed by atoms with van der Waals surface area (Å²) in [6, 6.07) is 0.603. The summed E-state index contributed by atoms with van der Waals surface area (Å²) in [5.41, 5.74) is 0. The second-order valence-corrected chi connectivity index (χ2v) is 2.91. The van der Waals surface area contributed by atoms with Gasteiger partial charge in [-0.25, -0.2) is 0 Å². The third-order valence-corrected chi connectivity index (χ3v) is 1.76. The van der Waals surface area contributed by atoms with Crippen LogP contribution in [-0.4, -0.2) is 18.9 Å². The predicted molar refractivity (Wildman–Crippen MR) is 47.7 cm³/mol. The molecule has 1 N–H and O–H groups in total. The highest BCUT2D eigenvalue weighted by Gasteiger charge is 1.97. The van der Waals surface area contributed by atoms with Crippen molar-refractivity contribution in [1.29, 1.82) is 0 Å². The second-order valence-electron chi connectivity index (χ2n) is 2.91. The van der Waals surface area contributed by atoms with Gasteiger partial charge in [-0.15, -0.1) is 0 Å². The molecule has 0 amide bonds. The van der Waals surface area contributed by atoms with E-state index in [0.29, 0.717) is 6.04 Å². The fourth-order valence-corrected chi connectivity index (χ4v) is 1.13. The lowest BCUT2D eigenvalue weighted by Gasteiger charge is -2.10. The van der Waals surface area contributed by atoms with Gasteiger partial charge in [0.25, 0.3) is 0 Å². The fourth-order valence-electron chi connectivity index (χ4n) is 1.13. The number of hydrogen-bond donors (Lipinski definition) is 1. The summed E-state index contributed by atoms with van der Waals surface area (Å²) in [7, 11) is 0. The van der Waals surface area contributed by atoms with Crippen molar-refractivity contribution in [2.75, 3.05) is 6.54 Å². The third kappa shape index (κ3) is 7.53. The summed E-state index contributed by atoms with van der Waals surface area (Å²) in [4.78, 5) is 9.96. The van der Waals surface area contributed by atoms with Crippen molar-refractivity contribution in [1.82, 2.24) is 5.32 Å². The Bertz CT molecular complexity index is 93.6. The normalized spacial score (nSPS) is 12.9. The molecule has 0 spiro atoms. The van der Waals surface area contributed by atoms with Gasteiger partial charge in [0.2, 0.25) is 0 Å². The Morgan fingerprint density at radius 1 is 1.45 bits per heavy atom. The van der Waals surface area contributed by atoms with Crippen LogP contribution >= 0.6 is 0 Å². The average molecular weight is 157 g/mol. The van der Waals surface area contributed by atoms with Crippen LogP contribution in [0.3, 0.4) is 0 Å². The van der Waals surface area contributed by atoms with Crippen LogP contribution in [0.25, 0.3) is 0 Å². The number of hydrogen-bond acceptors (Lipinski definition) is 2. The molecule has 0 bridgehead atoms. The van der Waals surface area contributed by atoms with Crippen LogP contribution in [0.4, 0.5) is 0 Å². The van der Waals surface area contributed by atoms with Crippen LogP contribution in [0.5, 0.6) is 0 Å². The van der Waals surface area contributed by atoms with Crippen LogP contribution in [-0.2, 0) is 4.79 Å². The molecule has 0 aliphatic carbocycles. The zero-order chi connectivity index (χ0) is 8.53. The molecule has 0 rings (SSSR count). The molecule has 0 saturated carbocycles. The molecule has 1 atom stereocenters. The first kappa shape index (κ1) is 10.6.